The number of anilines is 6. The topological polar surface area (TPSA) is 52.5 Å². The van der Waals surface area contributed by atoms with Crippen molar-refractivity contribution in [2.45, 2.75) is 19.3 Å². The van der Waals surface area contributed by atoms with Gasteiger partial charge in [-0.25, -0.2) is 0 Å². The molecular weight excluding hydrogens is 1810 g/mol. The minimum Gasteiger partial charge on any atom is -0.456 e. The SMILES string of the molecule is CC1(C)c2cc(-c3ccc4oc5ccccc5c4c3)ccc2-c2ccc(N(c3ccc(-c4ccc5c6ccccc6n(-c6ccccc6)c5c4)cc3)c3ccc(-n4c5ccccc5c5ccccc54)cc3)cc21.c1ccc(-n2c3ccccc3c3ccc(-c4ccc(-c5ccc(N(c6ccc(-c7ccc(-n8c9ccccc9c9ccccc98)cc7)cc6)c6ccc(-c7cccc8c7oc7ccccc78)cc6)cc5)cc4)cc32)cc1. The van der Waals surface area contributed by atoms with E-state index >= 15 is 0 Å². The molecule has 6 aromatic heterocycles. The fourth-order valence-electron chi connectivity index (χ4n) is 23.8. The first-order chi connectivity index (χ1) is 73.6. The van der Waals surface area contributed by atoms with Crippen LogP contribution >= 0.6 is 0 Å². The molecule has 30 rings (SSSR count). The Kier molecular flexibility index (Phi) is 20.2. The lowest BCUT2D eigenvalue weighted by Crippen LogP contribution is -2.16. The average Bonchev–Trinajstić information content (AvgIpc) is 1.60. The fourth-order valence-corrected chi connectivity index (χ4v) is 23.8. The summed E-state index contributed by atoms with van der Waals surface area (Å²) in [5, 5.41) is 14.6. The molecule has 1 aliphatic rings. The lowest BCUT2D eigenvalue weighted by Gasteiger charge is -2.28. The standard InChI is InChI=1S/C72H47N3O.C69H47N3O/c1-2-13-55(14-3-1)75-69-23-10-6-17-63(69)64-46-37-54(47-70(64)75)52-27-25-48(26-28-52)49-29-38-56(39-30-49)73(58-44-35-53(36-45-58)60-19-12-20-66-65-18-7-11-24-71(65)76-72(60)66)57-40-31-50(32-41-57)51-33-42-59(43-34-51)74-67-21-8-4-15-61(67)62-16-5-9-22-68(62)74;1-69(2)61-41-46(45-28-39-68-60(40-45)59-19-9-13-23-67(59)73-68)26-36-53(61)54-38-35-52(43-62(54)69)70(50-31-33-51(34-32-50)71-63-20-10-6-16-55(63)56-17-7-11-21-64(56)71)49-29-24-44(25-30-49)47-27-37-58-57-18-8-12-22-65(57)72(66(58)42-47)48-14-4-3-5-15-48/h1-47H;3-43H,1-2H3. The van der Waals surface area contributed by atoms with Crippen LogP contribution in [-0.4, -0.2) is 18.3 Å². The van der Waals surface area contributed by atoms with Crippen molar-refractivity contribution < 1.29 is 8.83 Å². The molecule has 8 nitrogen and oxygen atoms in total. The number of nitrogens with zero attached hydrogens (tertiary/aromatic N) is 6. The zero-order valence-corrected chi connectivity index (χ0v) is 81.8. The van der Waals surface area contributed by atoms with Crippen LogP contribution in [0.4, 0.5) is 34.1 Å². The molecule has 0 atom stereocenters. The zero-order chi connectivity index (χ0) is 98.5. The van der Waals surface area contributed by atoms with Crippen LogP contribution in [0.1, 0.15) is 25.0 Å². The maximum atomic E-state index is 6.47. The molecule has 8 heteroatoms. The van der Waals surface area contributed by atoms with Gasteiger partial charge in [-0.1, -0.05) is 347 Å². The second-order valence-electron chi connectivity index (χ2n) is 39.8. The van der Waals surface area contributed by atoms with Crippen molar-refractivity contribution in [1.29, 1.82) is 0 Å². The predicted octanol–water partition coefficient (Wildman–Crippen LogP) is 38.8. The molecule has 1 aliphatic carbocycles. The summed E-state index contributed by atoms with van der Waals surface area (Å²) in [7, 11) is 0. The van der Waals surface area contributed by atoms with Crippen LogP contribution < -0.4 is 9.80 Å². The normalized spacial score (nSPS) is 12.3. The highest BCUT2D eigenvalue weighted by atomic mass is 16.3. The molecule has 0 amide bonds. The summed E-state index contributed by atoms with van der Waals surface area (Å²) in [6, 6.07) is 194. The van der Waals surface area contributed by atoms with E-state index in [1.807, 2.05) is 24.3 Å². The first-order valence-corrected chi connectivity index (χ1v) is 51.2. The van der Waals surface area contributed by atoms with Gasteiger partial charge in [0.2, 0.25) is 0 Å². The number of aromatic nitrogens is 4. The van der Waals surface area contributed by atoms with Crippen LogP contribution in [0.15, 0.2) is 543 Å². The van der Waals surface area contributed by atoms with E-state index in [2.05, 4.69) is 551 Å². The van der Waals surface area contributed by atoms with E-state index in [1.54, 1.807) is 0 Å². The van der Waals surface area contributed by atoms with Gasteiger partial charge in [0.15, 0.2) is 0 Å². The molecule has 0 spiro atoms. The van der Waals surface area contributed by atoms with Gasteiger partial charge in [0.05, 0.1) is 44.1 Å². The van der Waals surface area contributed by atoms with E-state index in [9.17, 15) is 0 Å². The van der Waals surface area contributed by atoms with E-state index in [-0.39, 0.29) is 5.41 Å². The molecule has 0 unspecified atom stereocenters. The summed E-state index contributed by atoms with van der Waals surface area (Å²) in [5.41, 5.74) is 43.2. The summed E-state index contributed by atoms with van der Waals surface area (Å²) in [4.78, 5) is 4.77. The number of benzene rings is 23. The minimum absolute atomic E-state index is 0.250. The Hall–Kier alpha value is -19.5. The highest BCUT2D eigenvalue weighted by Crippen LogP contribution is 2.54. The summed E-state index contributed by atoms with van der Waals surface area (Å²) in [6.45, 7) is 4.76. The summed E-state index contributed by atoms with van der Waals surface area (Å²) >= 11 is 0. The predicted molar refractivity (Wildman–Crippen MR) is 624 cm³/mol. The lowest BCUT2D eigenvalue weighted by atomic mass is 9.81. The Bertz CT molecular complexity index is 10200. The molecule has 0 aliphatic heterocycles. The summed E-state index contributed by atoms with van der Waals surface area (Å²) in [5.74, 6) is 0. The molecule has 0 N–H and O–H groups in total. The highest BCUT2D eigenvalue weighted by Gasteiger charge is 2.37. The lowest BCUT2D eigenvalue weighted by molar-refractivity contribution is 0.660. The van der Waals surface area contributed by atoms with Crippen LogP contribution in [-0.2, 0) is 5.41 Å². The Morgan fingerprint density at radius 2 is 0.430 bits per heavy atom. The van der Waals surface area contributed by atoms with Crippen molar-refractivity contribution in [3.8, 4) is 101 Å². The smallest absolute Gasteiger partial charge is 0.143 e. The van der Waals surface area contributed by atoms with Gasteiger partial charge in [0.1, 0.15) is 22.3 Å². The average molecular weight is 1900 g/mol. The molecule has 29 aromatic rings. The molecule has 149 heavy (non-hydrogen) atoms. The maximum Gasteiger partial charge on any atom is 0.143 e. The molecule has 23 aromatic carbocycles. The van der Waals surface area contributed by atoms with Crippen LogP contribution in [0.25, 0.3) is 232 Å². The third kappa shape index (κ3) is 14.4. The third-order valence-corrected chi connectivity index (χ3v) is 31.1. The molecule has 0 fully saturated rings. The Morgan fingerprint density at radius 1 is 0.161 bits per heavy atom. The van der Waals surface area contributed by atoms with Crippen LogP contribution in [0.2, 0.25) is 0 Å². The van der Waals surface area contributed by atoms with Crippen molar-refractivity contribution in [2.75, 3.05) is 9.80 Å². The van der Waals surface area contributed by atoms with Crippen molar-refractivity contribution in [1.82, 2.24) is 18.3 Å². The minimum atomic E-state index is -0.250. The number of fused-ring (bicyclic) bond motifs is 21. The van der Waals surface area contributed by atoms with Crippen molar-refractivity contribution in [3.05, 3.63) is 545 Å². The van der Waals surface area contributed by atoms with E-state index in [0.717, 1.165) is 129 Å². The van der Waals surface area contributed by atoms with Crippen LogP contribution in [0, 0.1) is 0 Å². The Morgan fingerprint density at radius 3 is 0.872 bits per heavy atom. The molecule has 6 heterocycles. The Labute approximate surface area is 860 Å². The van der Waals surface area contributed by atoms with Crippen LogP contribution in [0.3, 0.4) is 0 Å². The number of hydrogen-bond donors (Lipinski definition) is 0. The molecule has 0 saturated carbocycles. The van der Waals surface area contributed by atoms with E-state index < -0.39 is 0 Å². The fraction of sp³-hybridized carbons (Fsp3) is 0.0213. The van der Waals surface area contributed by atoms with E-state index in [4.69, 9.17) is 8.83 Å². The molecule has 0 saturated heterocycles. The van der Waals surface area contributed by atoms with Gasteiger partial charge in [-0.2, -0.15) is 0 Å². The summed E-state index contributed by atoms with van der Waals surface area (Å²) in [6.07, 6.45) is 0. The van der Waals surface area contributed by atoms with Crippen LogP contribution in [0.5, 0.6) is 0 Å². The summed E-state index contributed by atoms with van der Waals surface area (Å²) < 4.78 is 22.2. The maximum absolute atomic E-state index is 6.47. The van der Waals surface area contributed by atoms with Crippen molar-refractivity contribution >= 4 is 165 Å². The molecular formula is C141H94N6O2. The molecule has 0 bridgehead atoms. The number of para-hydroxylation sites is 11. The van der Waals surface area contributed by atoms with Crippen molar-refractivity contribution in [2.24, 2.45) is 0 Å². The van der Waals surface area contributed by atoms with Gasteiger partial charge in [0, 0.05) is 132 Å². The van der Waals surface area contributed by atoms with Gasteiger partial charge in [-0.15, -0.1) is 0 Å². The van der Waals surface area contributed by atoms with E-state index in [1.165, 1.54) is 148 Å². The van der Waals surface area contributed by atoms with E-state index in [0.29, 0.717) is 0 Å². The highest BCUT2D eigenvalue weighted by molar-refractivity contribution is 6.15. The number of hydrogen-bond acceptors (Lipinski definition) is 4. The van der Waals surface area contributed by atoms with Gasteiger partial charge in [-0.05, 0) is 284 Å². The monoisotopic (exact) mass is 1900 g/mol. The first-order valence-electron chi connectivity index (χ1n) is 51.2. The second-order valence-corrected chi connectivity index (χ2v) is 39.8. The van der Waals surface area contributed by atoms with Gasteiger partial charge in [0.25, 0.3) is 0 Å². The zero-order valence-electron chi connectivity index (χ0n) is 81.8. The van der Waals surface area contributed by atoms with Crippen molar-refractivity contribution in [3.63, 3.8) is 0 Å². The third-order valence-electron chi connectivity index (χ3n) is 31.1. The molecule has 0 radical (unpaired) electrons. The van der Waals surface area contributed by atoms with Gasteiger partial charge >= 0.3 is 0 Å². The number of rotatable bonds is 16. The number of furan rings is 2. The Balaban J connectivity index is 0.000000140. The molecule has 700 valence electrons. The van der Waals surface area contributed by atoms with Gasteiger partial charge in [-0.3, -0.25) is 0 Å². The van der Waals surface area contributed by atoms with Gasteiger partial charge < -0.3 is 36.9 Å². The largest absolute Gasteiger partial charge is 0.456 e. The quantitative estimate of drug-likeness (QED) is 0.0967. The second kappa shape index (κ2) is 34.9. The first kappa shape index (κ1) is 86.2.